The van der Waals surface area contributed by atoms with Gasteiger partial charge in [0, 0.05) is 79.7 Å². The molecular weight excluding hydrogens is 434 g/mol. The van der Waals surface area contributed by atoms with E-state index in [1.54, 1.807) is 12.4 Å². The van der Waals surface area contributed by atoms with Gasteiger partial charge in [0.2, 0.25) is 0 Å². The fraction of sp³-hybridized carbons (Fsp3) is 0.250. The molecule has 1 fully saturated rings. The predicted octanol–water partition coefficient (Wildman–Crippen LogP) is 4.80. The van der Waals surface area contributed by atoms with Gasteiger partial charge < -0.3 is 15.2 Å². The third kappa shape index (κ3) is 5.09. The summed E-state index contributed by atoms with van der Waals surface area (Å²) in [6.45, 7) is 7.32. The number of aromatic amines is 1. The molecule has 4 heterocycles. The summed E-state index contributed by atoms with van der Waals surface area (Å²) in [7, 11) is 2.17. The number of piperazine rings is 1. The smallest absolute Gasteiger partial charge is 0.103 e. The van der Waals surface area contributed by atoms with Gasteiger partial charge in [-0.15, -0.1) is 0 Å². The number of nitrogens with zero attached hydrogens (tertiary/aromatic N) is 5. The molecule has 7 nitrogen and oxygen atoms in total. The van der Waals surface area contributed by atoms with Crippen molar-refractivity contribution in [1.29, 1.82) is 5.26 Å². The van der Waals surface area contributed by atoms with Crippen LogP contribution in [0.25, 0.3) is 23.1 Å². The Bertz CT molecular complexity index is 1390. The SMILES string of the molecule is Cc1c(Nc2c(C#N)cncc2/C=C/c2ccc(CN3CCN(C)CC3)nc2)ccc2[nH]ccc12. The first kappa shape index (κ1) is 22.8. The van der Waals surface area contributed by atoms with Crippen LogP contribution in [0.4, 0.5) is 11.4 Å². The Labute approximate surface area is 205 Å². The summed E-state index contributed by atoms with van der Waals surface area (Å²) in [5, 5.41) is 14.4. The average Bonchev–Trinajstić information content (AvgIpc) is 3.37. The lowest BCUT2D eigenvalue weighted by molar-refractivity contribution is 0.147. The van der Waals surface area contributed by atoms with Crippen LogP contribution in [0.2, 0.25) is 0 Å². The summed E-state index contributed by atoms with van der Waals surface area (Å²) < 4.78 is 0. The molecule has 1 saturated heterocycles. The highest BCUT2D eigenvalue weighted by atomic mass is 15.2. The minimum Gasteiger partial charge on any atom is -0.361 e. The number of hydrogen-bond acceptors (Lipinski definition) is 6. The Kier molecular flexibility index (Phi) is 6.57. The van der Waals surface area contributed by atoms with Gasteiger partial charge in [-0.3, -0.25) is 14.9 Å². The van der Waals surface area contributed by atoms with Crippen LogP contribution in [0.1, 0.15) is 27.9 Å². The summed E-state index contributed by atoms with van der Waals surface area (Å²) in [4.78, 5) is 17.0. The summed E-state index contributed by atoms with van der Waals surface area (Å²) in [6, 6.07) is 12.6. The number of nitrogens with one attached hydrogen (secondary N) is 2. The molecule has 0 spiro atoms. The van der Waals surface area contributed by atoms with Gasteiger partial charge in [0.15, 0.2) is 0 Å². The maximum atomic E-state index is 9.72. The van der Waals surface area contributed by atoms with Gasteiger partial charge >= 0.3 is 0 Å². The van der Waals surface area contributed by atoms with E-state index in [0.717, 1.165) is 77.4 Å². The molecule has 1 aliphatic rings. The van der Waals surface area contributed by atoms with Crippen LogP contribution in [0, 0.1) is 18.3 Å². The Morgan fingerprint density at radius 2 is 1.91 bits per heavy atom. The molecule has 0 aliphatic carbocycles. The Balaban J connectivity index is 1.35. The zero-order chi connectivity index (χ0) is 24.2. The zero-order valence-corrected chi connectivity index (χ0v) is 20.1. The van der Waals surface area contributed by atoms with Crippen molar-refractivity contribution < 1.29 is 0 Å². The average molecular weight is 464 g/mol. The van der Waals surface area contributed by atoms with E-state index in [4.69, 9.17) is 0 Å². The van der Waals surface area contributed by atoms with Crippen molar-refractivity contribution in [3.05, 3.63) is 83.1 Å². The van der Waals surface area contributed by atoms with Gasteiger partial charge in [-0.2, -0.15) is 5.26 Å². The van der Waals surface area contributed by atoms with Crippen LogP contribution in [-0.4, -0.2) is 58.0 Å². The number of hydrogen-bond donors (Lipinski definition) is 2. The number of benzene rings is 1. The lowest BCUT2D eigenvalue weighted by Crippen LogP contribution is -2.43. The first-order valence-corrected chi connectivity index (χ1v) is 11.9. The third-order valence-corrected chi connectivity index (χ3v) is 6.64. The molecule has 1 aromatic carbocycles. The van der Waals surface area contributed by atoms with E-state index in [1.807, 2.05) is 36.7 Å². The standard InChI is InChI=1S/C28H29N7/c1-20-25-9-10-31-27(25)8-7-26(20)33-28-22(17-30-18-23(28)15-29)5-3-21-4-6-24(32-16-21)19-35-13-11-34(2)12-14-35/h3-10,16-18,31H,11-14,19H2,1-2H3,(H,30,33)/b5-3+. The Hall–Kier alpha value is -3.99. The second kappa shape index (κ2) is 10.1. The van der Waals surface area contributed by atoms with Crippen LogP contribution in [0.5, 0.6) is 0 Å². The third-order valence-electron chi connectivity index (χ3n) is 6.64. The molecule has 3 aromatic heterocycles. The number of H-pyrrole nitrogens is 1. The number of aryl methyl sites for hydroxylation is 1. The molecule has 0 saturated carbocycles. The molecule has 5 rings (SSSR count). The van der Waals surface area contributed by atoms with Gasteiger partial charge in [-0.1, -0.05) is 18.2 Å². The number of anilines is 2. The van der Waals surface area contributed by atoms with Crippen LogP contribution in [0.3, 0.4) is 0 Å². The molecule has 2 N–H and O–H groups in total. The van der Waals surface area contributed by atoms with E-state index in [0.29, 0.717) is 5.56 Å². The van der Waals surface area contributed by atoms with E-state index in [2.05, 4.69) is 68.3 Å². The van der Waals surface area contributed by atoms with Gasteiger partial charge in [0.1, 0.15) is 6.07 Å². The predicted molar refractivity (Wildman–Crippen MR) is 141 cm³/mol. The zero-order valence-electron chi connectivity index (χ0n) is 20.1. The fourth-order valence-corrected chi connectivity index (χ4v) is 4.43. The van der Waals surface area contributed by atoms with Crippen molar-refractivity contribution in [3.63, 3.8) is 0 Å². The van der Waals surface area contributed by atoms with Crippen LogP contribution in [0.15, 0.2) is 55.1 Å². The normalized spacial score (nSPS) is 15.0. The highest BCUT2D eigenvalue weighted by Gasteiger charge is 2.14. The second-order valence-corrected chi connectivity index (χ2v) is 9.06. The highest BCUT2D eigenvalue weighted by Crippen LogP contribution is 2.31. The van der Waals surface area contributed by atoms with E-state index < -0.39 is 0 Å². The fourth-order valence-electron chi connectivity index (χ4n) is 4.43. The largest absolute Gasteiger partial charge is 0.361 e. The number of rotatable bonds is 6. The molecule has 1 aliphatic heterocycles. The summed E-state index contributed by atoms with van der Waals surface area (Å²) in [6.07, 6.45) is 11.2. The maximum absolute atomic E-state index is 9.72. The number of likely N-dealkylation sites (N-methyl/N-ethyl adjacent to an activating group) is 1. The molecular formula is C28H29N7. The topological polar surface area (TPSA) is 83.9 Å². The molecule has 7 heteroatoms. The molecule has 176 valence electrons. The quantitative estimate of drug-likeness (QED) is 0.427. The summed E-state index contributed by atoms with van der Waals surface area (Å²) in [5.74, 6) is 0. The minimum atomic E-state index is 0.501. The second-order valence-electron chi connectivity index (χ2n) is 9.06. The van der Waals surface area contributed by atoms with Gasteiger partial charge in [-0.05, 0) is 49.4 Å². The summed E-state index contributed by atoms with van der Waals surface area (Å²) in [5.41, 5.74) is 7.36. The highest BCUT2D eigenvalue weighted by molar-refractivity contribution is 5.90. The maximum Gasteiger partial charge on any atom is 0.103 e. The van der Waals surface area contributed by atoms with E-state index in [9.17, 15) is 5.26 Å². The molecule has 0 atom stereocenters. The van der Waals surface area contributed by atoms with Crippen molar-refractivity contribution in [2.45, 2.75) is 13.5 Å². The van der Waals surface area contributed by atoms with E-state index >= 15 is 0 Å². The first-order valence-electron chi connectivity index (χ1n) is 11.9. The molecule has 35 heavy (non-hydrogen) atoms. The Morgan fingerprint density at radius 3 is 2.69 bits per heavy atom. The first-order chi connectivity index (χ1) is 17.1. The van der Waals surface area contributed by atoms with Gasteiger partial charge in [-0.25, -0.2) is 0 Å². The van der Waals surface area contributed by atoms with E-state index in [-0.39, 0.29) is 0 Å². The molecule has 4 aromatic rings. The van der Waals surface area contributed by atoms with Gasteiger partial charge in [0.25, 0.3) is 0 Å². The minimum absolute atomic E-state index is 0.501. The van der Waals surface area contributed by atoms with Gasteiger partial charge in [0.05, 0.1) is 16.9 Å². The number of fused-ring (bicyclic) bond motifs is 1. The number of nitriles is 1. The lowest BCUT2D eigenvalue weighted by Gasteiger charge is -2.32. The molecule has 0 amide bonds. The monoisotopic (exact) mass is 463 g/mol. The van der Waals surface area contributed by atoms with Crippen molar-refractivity contribution in [3.8, 4) is 6.07 Å². The van der Waals surface area contributed by atoms with Crippen LogP contribution >= 0.6 is 0 Å². The van der Waals surface area contributed by atoms with Crippen LogP contribution < -0.4 is 5.32 Å². The van der Waals surface area contributed by atoms with Crippen molar-refractivity contribution >= 4 is 34.4 Å². The van der Waals surface area contributed by atoms with Crippen molar-refractivity contribution in [1.82, 2.24) is 24.8 Å². The molecule has 0 bridgehead atoms. The van der Waals surface area contributed by atoms with Crippen LogP contribution in [-0.2, 0) is 6.54 Å². The number of pyridine rings is 2. The Morgan fingerprint density at radius 1 is 1.06 bits per heavy atom. The number of aromatic nitrogens is 3. The lowest BCUT2D eigenvalue weighted by atomic mass is 10.1. The summed E-state index contributed by atoms with van der Waals surface area (Å²) >= 11 is 0. The van der Waals surface area contributed by atoms with Crippen molar-refractivity contribution in [2.75, 3.05) is 38.5 Å². The van der Waals surface area contributed by atoms with E-state index in [1.165, 1.54) is 0 Å². The van der Waals surface area contributed by atoms with Crippen molar-refractivity contribution in [2.24, 2.45) is 0 Å². The molecule has 0 radical (unpaired) electrons. The molecule has 0 unspecified atom stereocenters.